The van der Waals surface area contributed by atoms with Gasteiger partial charge in [0.25, 0.3) is 5.91 Å². The molecular weight excluding hydrogens is 288 g/mol. The van der Waals surface area contributed by atoms with Crippen molar-refractivity contribution < 1.29 is 4.79 Å². The molecule has 0 saturated carbocycles. The number of hydrogen-bond acceptors (Lipinski definition) is 2. The Labute approximate surface area is 135 Å². The van der Waals surface area contributed by atoms with Crippen molar-refractivity contribution in [3.63, 3.8) is 0 Å². The Hall–Kier alpha value is -2.56. The third-order valence-corrected chi connectivity index (χ3v) is 4.23. The number of hydrogen-bond donors (Lipinski definition) is 3. The minimum absolute atomic E-state index is 0.128. The quantitative estimate of drug-likeness (QED) is 0.693. The zero-order valence-corrected chi connectivity index (χ0v) is 14.2. The number of amides is 1. The average Bonchev–Trinajstić information content (AvgIpc) is 3.06. The zero-order chi connectivity index (χ0) is 16.8. The molecule has 5 heteroatoms. The molecule has 0 spiro atoms. The molecule has 0 unspecified atom stereocenters. The Kier molecular flexibility index (Phi) is 3.51. The molecule has 2 aromatic heterocycles. The highest BCUT2D eigenvalue weighted by Crippen LogP contribution is 2.27. The minimum Gasteiger partial charge on any atom is -0.350 e. The Morgan fingerprint density at radius 2 is 1.96 bits per heavy atom. The van der Waals surface area contributed by atoms with Gasteiger partial charge in [-0.2, -0.15) is 0 Å². The van der Waals surface area contributed by atoms with Gasteiger partial charge in [0.1, 0.15) is 11.5 Å². The van der Waals surface area contributed by atoms with Crippen LogP contribution in [-0.2, 0) is 5.54 Å². The normalized spacial score (nSPS) is 11.9. The van der Waals surface area contributed by atoms with Gasteiger partial charge in [-0.25, -0.2) is 4.98 Å². The van der Waals surface area contributed by atoms with E-state index in [-0.39, 0.29) is 5.91 Å². The number of imidazole rings is 1. The van der Waals surface area contributed by atoms with Crippen LogP contribution in [0.5, 0.6) is 0 Å². The van der Waals surface area contributed by atoms with Gasteiger partial charge in [-0.05, 0) is 57.4 Å². The maximum absolute atomic E-state index is 12.8. The molecule has 5 nitrogen and oxygen atoms in total. The lowest BCUT2D eigenvalue weighted by atomic mass is 10.0. The second kappa shape index (κ2) is 5.26. The summed E-state index contributed by atoms with van der Waals surface area (Å²) in [6.07, 6.45) is 3.44. The molecule has 0 radical (unpaired) electrons. The lowest BCUT2D eigenvalue weighted by molar-refractivity contribution is 0.0904. The van der Waals surface area contributed by atoms with Gasteiger partial charge in [-0.3, -0.25) is 4.79 Å². The number of aromatic amines is 2. The maximum Gasteiger partial charge on any atom is 0.268 e. The number of carbonyl (C=O) groups excluding carboxylic acids is 1. The fourth-order valence-corrected chi connectivity index (χ4v) is 3.16. The Balaban J connectivity index is 1.99. The van der Waals surface area contributed by atoms with Crippen LogP contribution in [-0.4, -0.2) is 20.9 Å². The average molecular weight is 310 g/mol. The predicted molar refractivity (Wildman–Crippen MR) is 91.6 cm³/mol. The van der Waals surface area contributed by atoms with Crippen LogP contribution in [0.15, 0.2) is 24.5 Å². The van der Waals surface area contributed by atoms with Crippen molar-refractivity contribution in [1.29, 1.82) is 0 Å². The molecular formula is C18H22N4O. The van der Waals surface area contributed by atoms with Gasteiger partial charge in [0.05, 0.1) is 5.54 Å². The zero-order valence-electron chi connectivity index (χ0n) is 14.2. The van der Waals surface area contributed by atoms with Crippen molar-refractivity contribution in [1.82, 2.24) is 20.3 Å². The molecule has 0 aliphatic heterocycles. The second-order valence-electron chi connectivity index (χ2n) is 6.65. The fraction of sp³-hybridized carbons (Fsp3) is 0.333. The van der Waals surface area contributed by atoms with Crippen LogP contribution in [0, 0.1) is 20.8 Å². The molecule has 0 saturated heterocycles. The summed E-state index contributed by atoms with van der Waals surface area (Å²) >= 11 is 0. The molecule has 1 aromatic carbocycles. The number of nitrogens with one attached hydrogen (secondary N) is 3. The van der Waals surface area contributed by atoms with Gasteiger partial charge in [-0.15, -0.1) is 0 Å². The first-order valence-electron chi connectivity index (χ1n) is 7.71. The molecule has 0 aliphatic carbocycles. The lowest BCUT2D eigenvalue weighted by Gasteiger charge is -2.23. The molecule has 1 amide bonds. The van der Waals surface area contributed by atoms with Crippen molar-refractivity contribution in [2.24, 2.45) is 0 Å². The SMILES string of the molecule is Cc1cc(C)c2c(C)c(C(=O)NC(C)(C)c3ncc[nH]3)[nH]c2c1. The fourth-order valence-electron chi connectivity index (χ4n) is 3.16. The molecule has 3 rings (SSSR count). The van der Waals surface area contributed by atoms with Gasteiger partial charge in [0.15, 0.2) is 0 Å². The van der Waals surface area contributed by atoms with Gasteiger partial charge in [0, 0.05) is 23.3 Å². The summed E-state index contributed by atoms with van der Waals surface area (Å²) in [4.78, 5) is 23.3. The number of H-pyrrole nitrogens is 2. The van der Waals surface area contributed by atoms with E-state index in [9.17, 15) is 4.79 Å². The highest BCUT2D eigenvalue weighted by molar-refractivity contribution is 6.02. The molecule has 120 valence electrons. The van der Waals surface area contributed by atoms with E-state index in [0.717, 1.165) is 22.3 Å². The summed E-state index contributed by atoms with van der Waals surface area (Å²) in [5, 5.41) is 4.17. The number of rotatable bonds is 3. The van der Waals surface area contributed by atoms with Gasteiger partial charge in [0.2, 0.25) is 0 Å². The third kappa shape index (κ3) is 2.63. The Morgan fingerprint density at radius 3 is 2.61 bits per heavy atom. The van der Waals surface area contributed by atoms with Crippen LogP contribution in [0.25, 0.3) is 10.9 Å². The van der Waals surface area contributed by atoms with E-state index in [2.05, 4.69) is 46.2 Å². The highest BCUT2D eigenvalue weighted by atomic mass is 16.2. The van der Waals surface area contributed by atoms with Crippen LogP contribution in [0.3, 0.4) is 0 Å². The molecule has 23 heavy (non-hydrogen) atoms. The molecule has 3 N–H and O–H groups in total. The smallest absolute Gasteiger partial charge is 0.268 e. The van der Waals surface area contributed by atoms with Crippen LogP contribution in [0.2, 0.25) is 0 Å². The summed E-state index contributed by atoms with van der Waals surface area (Å²) in [7, 11) is 0. The largest absolute Gasteiger partial charge is 0.350 e. The number of aryl methyl sites for hydroxylation is 3. The Bertz CT molecular complexity index is 872. The van der Waals surface area contributed by atoms with Crippen molar-refractivity contribution in [2.45, 2.75) is 40.2 Å². The first kappa shape index (κ1) is 15.3. The number of carbonyl (C=O) groups is 1. The number of benzene rings is 1. The van der Waals surface area contributed by atoms with Crippen LogP contribution >= 0.6 is 0 Å². The maximum atomic E-state index is 12.8. The number of fused-ring (bicyclic) bond motifs is 1. The molecule has 0 bridgehead atoms. The molecule has 3 aromatic rings. The predicted octanol–water partition coefficient (Wildman–Crippen LogP) is 3.48. The molecule has 0 atom stereocenters. The molecule has 2 heterocycles. The Morgan fingerprint density at radius 1 is 1.22 bits per heavy atom. The second-order valence-corrected chi connectivity index (χ2v) is 6.65. The first-order valence-corrected chi connectivity index (χ1v) is 7.71. The number of nitrogens with zero attached hydrogens (tertiary/aromatic N) is 1. The summed E-state index contributed by atoms with van der Waals surface area (Å²) in [6, 6.07) is 4.21. The van der Waals surface area contributed by atoms with Crippen molar-refractivity contribution in [3.05, 3.63) is 52.7 Å². The highest BCUT2D eigenvalue weighted by Gasteiger charge is 2.27. The first-order chi connectivity index (χ1) is 10.8. The van der Waals surface area contributed by atoms with Crippen molar-refractivity contribution >= 4 is 16.8 Å². The molecule has 0 fully saturated rings. The standard InChI is InChI=1S/C18H22N4O/c1-10-8-11(2)14-12(3)15(21-13(14)9-10)16(23)22-18(4,5)17-19-6-7-20-17/h6-9,21H,1-5H3,(H,19,20)(H,22,23). The third-order valence-electron chi connectivity index (χ3n) is 4.23. The van der Waals surface area contributed by atoms with Crippen LogP contribution in [0.1, 0.15) is 46.9 Å². The van der Waals surface area contributed by atoms with E-state index in [1.54, 1.807) is 12.4 Å². The topological polar surface area (TPSA) is 73.6 Å². The van der Waals surface area contributed by atoms with Crippen molar-refractivity contribution in [3.8, 4) is 0 Å². The van der Waals surface area contributed by atoms with E-state index < -0.39 is 5.54 Å². The van der Waals surface area contributed by atoms with Gasteiger partial charge in [-0.1, -0.05) is 6.07 Å². The summed E-state index contributed by atoms with van der Waals surface area (Å²) in [5.74, 6) is 0.601. The summed E-state index contributed by atoms with van der Waals surface area (Å²) in [6.45, 7) is 9.97. The van der Waals surface area contributed by atoms with E-state index in [1.165, 1.54) is 11.1 Å². The van der Waals surface area contributed by atoms with Gasteiger partial charge >= 0.3 is 0 Å². The van der Waals surface area contributed by atoms with E-state index >= 15 is 0 Å². The van der Waals surface area contributed by atoms with Crippen LogP contribution < -0.4 is 5.32 Å². The van der Waals surface area contributed by atoms with E-state index in [1.807, 2.05) is 20.8 Å². The van der Waals surface area contributed by atoms with Gasteiger partial charge < -0.3 is 15.3 Å². The summed E-state index contributed by atoms with van der Waals surface area (Å²) in [5.41, 5.74) is 4.37. The summed E-state index contributed by atoms with van der Waals surface area (Å²) < 4.78 is 0. The monoisotopic (exact) mass is 310 g/mol. The number of aromatic nitrogens is 3. The van der Waals surface area contributed by atoms with Crippen molar-refractivity contribution in [2.75, 3.05) is 0 Å². The van der Waals surface area contributed by atoms with Crippen LogP contribution in [0.4, 0.5) is 0 Å². The molecule has 0 aliphatic rings. The minimum atomic E-state index is -0.574. The van der Waals surface area contributed by atoms with E-state index in [4.69, 9.17) is 0 Å². The van der Waals surface area contributed by atoms with E-state index in [0.29, 0.717) is 5.69 Å². The lowest BCUT2D eigenvalue weighted by Crippen LogP contribution is -2.42.